The SMILES string of the molecule is CC(=O)OC(OC(C)=O)C(C)CCC(C)C. The van der Waals surface area contributed by atoms with Crippen LogP contribution in [0.25, 0.3) is 0 Å². The van der Waals surface area contributed by atoms with Crippen LogP contribution in [0.5, 0.6) is 0 Å². The van der Waals surface area contributed by atoms with Gasteiger partial charge in [-0.2, -0.15) is 0 Å². The Hall–Kier alpha value is -1.06. The molecule has 0 aromatic rings. The first-order valence-corrected chi connectivity index (χ1v) is 5.67. The van der Waals surface area contributed by atoms with Crippen molar-refractivity contribution < 1.29 is 19.1 Å². The predicted octanol–water partition coefficient (Wildman–Crippen LogP) is 2.51. The molecule has 0 radical (unpaired) electrons. The van der Waals surface area contributed by atoms with Crippen molar-refractivity contribution in [3.8, 4) is 0 Å². The summed E-state index contributed by atoms with van der Waals surface area (Å²) in [5.74, 6) is -0.252. The van der Waals surface area contributed by atoms with E-state index in [2.05, 4.69) is 13.8 Å². The van der Waals surface area contributed by atoms with Crippen molar-refractivity contribution in [3.63, 3.8) is 0 Å². The Balaban J connectivity index is 4.25. The topological polar surface area (TPSA) is 52.6 Å². The Morgan fingerprint density at radius 3 is 1.69 bits per heavy atom. The molecular formula is C12H22O4. The van der Waals surface area contributed by atoms with E-state index in [9.17, 15) is 9.59 Å². The summed E-state index contributed by atoms with van der Waals surface area (Å²) in [5.41, 5.74) is 0. The fourth-order valence-corrected chi connectivity index (χ4v) is 1.32. The summed E-state index contributed by atoms with van der Waals surface area (Å²) in [5, 5.41) is 0. The average molecular weight is 230 g/mol. The van der Waals surface area contributed by atoms with Gasteiger partial charge in [-0.25, -0.2) is 0 Å². The summed E-state index contributed by atoms with van der Waals surface area (Å²) in [7, 11) is 0. The van der Waals surface area contributed by atoms with Crippen LogP contribution >= 0.6 is 0 Å². The van der Waals surface area contributed by atoms with E-state index >= 15 is 0 Å². The van der Waals surface area contributed by atoms with Crippen molar-refractivity contribution in [2.45, 2.75) is 53.8 Å². The molecule has 94 valence electrons. The first kappa shape index (κ1) is 14.9. The standard InChI is InChI=1S/C12H22O4/c1-8(2)6-7-9(3)12(15-10(4)13)16-11(5)14/h8-9,12H,6-7H2,1-5H3. The Morgan fingerprint density at radius 1 is 0.938 bits per heavy atom. The van der Waals surface area contributed by atoms with Gasteiger partial charge in [0.15, 0.2) is 0 Å². The zero-order valence-electron chi connectivity index (χ0n) is 10.8. The molecule has 0 saturated heterocycles. The van der Waals surface area contributed by atoms with Crippen LogP contribution in [0.15, 0.2) is 0 Å². The molecule has 0 aliphatic carbocycles. The minimum atomic E-state index is -0.756. The third-order valence-corrected chi connectivity index (χ3v) is 2.23. The number of carbonyl (C=O) groups excluding carboxylic acids is 2. The molecule has 4 heteroatoms. The lowest BCUT2D eigenvalue weighted by molar-refractivity contribution is -0.194. The van der Waals surface area contributed by atoms with E-state index in [0.29, 0.717) is 5.92 Å². The lowest BCUT2D eigenvalue weighted by Gasteiger charge is -2.23. The molecule has 0 N–H and O–H groups in total. The Bertz CT molecular complexity index is 219. The van der Waals surface area contributed by atoms with E-state index in [1.807, 2.05) is 6.92 Å². The number of carbonyl (C=O) groups is 2. The van der Waals surface area contributed by atoms with Gasteiger partial charge in [-0.1, -0.05) is 27.2 Å². The first-order valence-electron chi connectivity index (χ1n) is 5.67. The van der Waals surface area contributed by atoms with E-state index in [1.165, 1.54) is 13.8 Å². The molecule has 0 heterocycles. The highest BCUT2D eigenvalue weighted by molar-refractivity contribution is 5.68. The largest absolute Gasteiger partial charge is 0.425 e. The molecule has 0 aromatic carbocycles. The maximum atomic E-state index is 10.9. The summed E-state index contributed by atoms with van der Waals surface area (Å²) in [6, 6.07) is 0. The second kappa shape index (κ2) is 7.25. The molecule has 0 fully saturated rings. The van der Waals surface area contributed by atoms with Crippen LogP contribution in [0.4, 0.5) is 0 Å². The molecule has 1 atom stereocenters. The number of hydrogen-bond donors (Lipinski definition) is 0. The zero-order valence-corrected chi connectivity index (χ0v) is 10.8. The highest BCUT2D eigenvalue weighted by atomic mass is 16.7. The minimum absolute atomic E-state index is 0.0233. The molecule has 0 amide bonds. The van der Waals surface area contributed by atoms with Crippen molar-refractivity contribution in [3.05, 3.63) is 0 Å². The molecule has 0 aliphatic heterocycles. The second-order valence-corrected chi connectivity index (χ2v) is 4.54. The van der Waals surface area contributed by atoms with E-state index in [0.717, 1.165) is 12.8 Å². The van der Waals surface area contributed by atoms with Crippen LogP contribution in [-0.2, 0) is 19.1 Å². The van der Waals surface area contributed by atoms with Crippen molar-refractivity contribution in [2.24, 2.45) is 11.8 Å². The van der Waals surface area contributed by atoms with Crippen LogP contribution in [-0.4, -0.2) is 18.2 Å². The quantitative estimate of drug-likeness (QED) is 0.519. The van der Waals surface area contributed by atoms with Gasteiger partial charge in [0.05, 0.1) is 0 Å². The van der Waals surface area contributed by atoms with Gasteiger partial charge in [0, 0.05) is 19.8 Å². The summed E-state index contributed by atoms with van der Waals surface area (Å²) in [6.07, 6.45) is 1.12. The van der Waals surface area contributed by atoms with Gasteiger partial charge in [-0.05, 0) is 12.3 Å². The van der Waals surface area contributed by atoms with Gasteiger partial charge < -0.3 is 9.47 Å². The van der Waals surface area contributed by atoms with Crippen molar-refractivity contribution in [2.75, 3.05) is 0 Å². The van der Waals surface area contributed by atoms with Crippen molar-refractivity contribution in [1.82, 2.24) is 0 Å². The fourth-order valence-electron chi connectivity index (χ4n) is 1.32. The highest BCUT2D eigenvalue weighted by Gasteiger charge is 2.23. The zero-order chi connectivity index (χ0) is 12.7. The molecule has 16 heavy (non-hydrogen) atoms. The average Bonchev–Trinajstić information content (AvgIpc) is 2.11. The molecule has 0 saturated carbocycles. The number of ether oxygens (including phenoxy) is 2. The summed E-state index contributed by atoms with van der Waals surface area (Å²) >= 11 is 0. The molecule has 0 spiro atoms. The maximum absolute atomic E-state index is 10.9. The van der Waals surface area contributed by atoms with Crippen molar-refractivity contribution in [1.29, 1.82) is 0 Å². The van der Waals surface area contributed by atoms with Crippen molar-refractivity contribution >= 4 is 11.9 Å². The molecular weight excluding hydrogens is 208 g/mol. The number of hydrogen-bond acceptors (Lipinski definition) is 4. The van der Waals surface area contributed by atoms with Gasteiger partial charge >= 0.3 is 11.9 Å². The molecule has 4 nitrogen and oxygen atoms in total. The van der Waals surface area contributed by atoms with Crippen LogP contribution in [0.1, 0.15) is 47.5 Å². The van der Waals surface area contributed by atoms with Crippen LogP contribution in [0.3, 0.4) is 0 Å². The lowest BCUT2D eigenvalue weighted by atomic mass is 9.99. The summed E-state index contributed by atoms with van der Waals surface area (Å²) < 4.78 is 9.95. The van der Waals surface area contributed by atoms with Gasteiger partial charge in [0.2, 0.25) is 6.29 Å². The van der Waals surface area contributed by atoms with Gasteiger partial charge in [-0.15, -0.1) is 0 Å². The normalized spacial score (nSPS) is 12.7. The molecule has 1 unspecified atom stereocenters. The summed E-state index contributed by atoms with van der Waals surface area (Å²) in [6.45, 7) is 8.79. The predicted molar refractivity (Wildman–Crippen MR) is 60.6 cm³/mol. The fraction of sp³-hybridized carbons (Fsp3) is 0.833. The van der Waals surface area contributed by atoms with Crippen LogP contribution < -0.4 is 0 Å². The molecule has 0 aliphatic rings. The Morgan fingerprint density at radius 2 is 1.38 bits per heavy atom. The number of esters is 2. The van der Waals surface area contributed by atoms with E-state index < -0.39 is 18.2 Å². The third-order valence-electron chi connectivity index (χ3n) is 2.23. The van der Waals surface area contributed by atoms with Gasteiger partial charge in [0.25, 0.3) is 0 Å². The molecule has 0 rings (SSSR count). The smallest absolute Gasteiger partial charge is 0.305 e. The van der Waals surface area contributed by atoms with E-state index in [-0.39, 0.29) is 5.92 Å². The molecule has 0 bridgehead atoms. The Kier molecular flexibility index (Phi) is 6.77. The molecule has 0 aromatic heterocycles. The van der Waals surface area contributed by atoms with Crippen LogP contribution in [0.2, 0.25) is 0 Å². The van der Waals surface area contributed by atoms with Gasteiger partial charge in [0.1, 0.15) is 0 Å². The second-order valence-electron chi connectivity index (χ2n) is 4.54. The first-order chi connectivity index (χ1) is 7.32. The lowest BCUT2D eigenvalue weighted by Crippen LogP contribution is -2.29. The number of rotatable bonds is 6. The van der Waals surface area contributed by atoms with Gasteiger partial charge in [-0.3, -0.25) is 9.59 Å². The third kappa shape index (κ3) is 7.26. The summed E-state index contributed by atoms with van der Waals surface area (Å²) in [4.78, 5) is 21.7. The van der Waals surface area contributed by atoms with Crippen LogP contribution in [0, 0.1) is 11.8 Å². The maximum Gasteiger partial charge on any atom is 0.305 e. The van der Waals surface area contributed by atoms with E-state index in [4.69, 9.17) is 9.47 Å². The monoisotopic (exact) mass is 230 g/mol. The highest BCUT2D eigenvalue weighted by Crippen LogP contribution is 2.18. The Labute approximate surface area is 97.3 Å². The van der Waals surface area contributed by atoms with E-state index in [1.54, 1.807) is 0 Å². The minimum Gasteiger partial charge on any atom is -0.425 e.